The van der Waals surface area contributed by atoms with Crippen molar-refractivity contribution >= 4 is 0 Å². The van der Waals surface area contributed by atoms with Crippen LogP contribution in [0, 0.1) is 10.8 Å². The first-order valence-electron chi connectivity index (χ1n) is 12.0. The molecule has 2 aliphatic rings. The molecule has 0 aliphatic heterocycles. The summed E-state index contributed by atoms with van der Waals surface area (Å²) in [5.74, 6) is -4.81. The molecule has 0 aromatic heterocycles. The highest BCUT2D eigenvalue weighted by molar-refractivity contribution is 5.36. The Kier molecular flexibility index (Phi) is 9.56. The Balaban J connectivity index is 1.93. The van der Waals surface area contributed by atoms with Crippen molar-refractivity contribution in [2.24, 2.45) is 10.8 Å². The molecular weight excluding hydrogens is 369 g/mol. The van der Waals surface area contributed by atoms with Crippen LogP contribution in [-0.4, -0.2) is 5.92 Å². The van der Waals surface area contributed by atoms with Gasteiger partial charge in [0.15, 0.2) is 5.83 Å². The van der Waals surface area contributed by atoms with Crippen LogP contribution < -0.4 is 0 Å². The van der Waals surface area contributed by atoms with Crippen LogP contribution in [0.15, 0.2) is 36.7 Å². The first-order chi connectivity index (χ1) is 14.0. The normalized spacial score (nSPS) is 25.6. The monoisotopic (exact) mass is 410 g/mol. The summed E-state index contributed by atoms with van der Waals surface area (Å²) in [6.07, 6.45) is 22.8. The molecule has 0 amide bonds. The predicted molar refractivity (Wildman–Crippen MR) is 118 cm³/mol. The highest BCUT2D eigenvalue weighted by Crippen LogP contribution is 2.63. The molecule has 1 fully saturated rings. The Morgan fingerprint density at radius 2 is 1.45 bits per heavy atom. The minimum absolute atomic E-state index is 0.585. The lowest BCUT2D eigenvalue weighted by atomic mass is 9.51. The Bertz CT molecular complexity index is 554. The van der Waals surface area contributed by atoms with Crippen molar-refractivity contribution in [2.75, 3.05) is 0 Å². The van der Waals surface area contributed by atoms with Crippen molar-refractivity contribution in [1.29, 1.82) is 0 Å². The zero-order chi connectivity index (χ0) is 21.2. The van der Waals surface area contributed by atoms with E-state index >= 15 is 8.78 Å². The highest BCUT2D eigenvalue weighted by Gasteiger charge is 2.64. The van der Waals surface area contributed by atoms with Gasteiger partial charge < -0.3 is 0 Å². The average molecular weight is 411 g/mol. The fourth-order valence-corrected chi connectivity index (χ4v) is 5.66. The lowest BCUT2D eigenvalue weighted by Gasteiger charge is -2.54. The fraction of sp³-hybridized carbons (Fsp3) is 0.769. The van der Waals surface area contributed by atoms with Crippen molar-refractivity contribution in [3.63, 3.8) is 0 Å². The molecule has 3 heteroatoms. The van der Waals surface area contributed by atoms with Gasteiger partial charge in [0.25, 0.3) is 0 Å². The van der Waals surface area contributed by atoms with E-state index in [-0.39, 0.29) is 0 Å². The molecule has 0 aromatic rings. The zero-order valence-corrected chi connectivity index (χ0v) is 18.5. The minimum atomic E-state index is -3.50. The van der Waals surface area contributed by atoms with Crippen LogP contribution in [0.2, 0.25) is 0 Å². The predicted octanol–water partition coefficient (Wildman–Crippen LogP) is 9.48. The van der Waals surface area contributed by atoms with Gasteiger partial charge in [-0.1, -0.05) is 109 Å². The van der Waals surface area contributed by atoms with E-state index in [2.05, 4.69) is 13.5 Å². The van der Waals surface area contributed by atoms with Crippen LogP contribution in [0.5, 0.6) is 0 Å². The Hall–Kier alpha value is -0.990. The van der Waals surface area contributed by atoms with Crippen molar-refractivity contribution in [3.05, 3.63) is 36.7 Å². The van der Waals surface area contributed by atoms with Crippen LogP contribution in [0.25, 0.3) is 0 Å². The first-order valence-corrected chi connectivity index (χ1v) is 12.0. The number of hydrogen-bond acceptors (Lipinski definition) is 0. The summed E-state index contributed by atoms with van der Waals surface area (Å²) in [6.45, 7) is 6.02. The molecule has 0 bridgehead atoms. The average Bonchev–Trinajstić information content (AvgIpc) is 2.72. The van der Waals surface area contributed by atoms with E-state index in [1.54, 1.807) is 6.08 Å². The number of alkyl halides is 2. The SMILES string of the molecule is C=CC1(C2(CCCCCCCCCCCC)CCCCC2)C=CC=C(F)C1(F)F. The third-order valence-electron chi connectivity index (χ3n) is 7.44. The van der Waals surface area contributed by atoms with E-state index in [1.807, 2.05) is 0 Å². The van der Waals surface area contributed by atoms with E-state index in [4.69, 9.17) is 0 Å². The van der Waals surface area contributed by atoms with E-state index in [0.717, 1.165) is 57.4 Å². The Labute approximate surface area is 176 Å². The molecule has 0 aromatic carbocycles. The van der Waals surface area contributed by atoms with Gasteiger partial charge in [-0.3, -0.25) is 0 Å². The van der Waals surface area contributed by atoms with Gasteiger partial charge in [0.1, 0.15) is 0 Å². The number of rotatable bonds is 13. The quantitative estimate of drug-likeness (QED) is 0.209. The van der Waals surface area contributed by atoms with Crippen LogP contribution in [-0.2, 0) is 0 Å². The smallest absolute Gasteiger partial charge is 0.205 e. The second-order valence-electron chi connectivity index (χ2n) is 9.29. The van der Waals surface area contributed by atoms with Crippen LogP contribution >= 0.6 is 0 Å². The molecular formula is C26H41F3. The molecule has 0 spiro atoms. The summed E-state index contributed by atoms with van der Waals surface area (Å²) in [5, 5.41) is 0. The third kappa shape index (κ3) is 5.39. The molecule has 2 aliphatic carbocycles. The second-order valence-corrected chi connectivity index (χ2v) is 9.29. The van der Waals surface area contributed by atoms with Crippen molar-refractivity contribution in [1.82, 2.24) is 0 Å². The van der Waals surface area contributed by atoms with Gasteiger partial charge in [0.05, 0.1) is 5.41 Å². The molecule has 1 atom stereocenters. The Morgan fingerprint density at radius 1 is 0.897 bits per heavy atom. The minimum Gasteiger partial charge on any atom is -0.205 e. The molecule has 0 heterocycles. The molecule has 1 unspecified atom stereocenters. The lowest BCUT2D eigenvalue weighted by Crippen LogP contribution is -2.53. The maximum atomic E-state index is 15.2. The molecule has 166 valence electrons. The van der Waals surface area contributed by atoms with Gasteiger partial charge in [-0.05, 0) is 30.8 Å². The van der Waals surface area contributed by atoms with Crippen molar-refractivity contribution < 1.29 is 13.2 Å². The maximum Gasteiger partial charge on any atom is 0.311 e. The maximum absolute atomic E-state index is 15.2. The number of unbranched alkanes of at least 4 members (excludes halogenated alkanes) is 9. The molecule has 0 saturated heterocycles. The summed E-state index contributed by atoms with van der Waals surface area (Å²) < 4.78 is 44.6. The molecule has 2 rings (SSSR count). The van der Waals surface area contributed by atoms with Crippen molar-refractivity contribution in [2.45, 2.75) is 116 Å². The van der Waals surface area contributed by atoms with Gasteiger partial charge in [-0.15, -0.1) is 6.58 Å². The van der Waals surface area contributed by atoms with E-state index < -0.39 is 22.6 Å². The molecule has 29 heavy (non-hydrogen) atoms. The van der Waals surface area contributed by atoms with Gasteiger partial charge >= 0.3 is 5.92 Å². The first kappa shape index (κ1) is 24.3. The van der Waals surface area contributed by atoms with Crippen LogP contribution in [0.1, 0.15) is 110 Å². The number of hydrogen-bond donors (Lipinski definition) is 0. The summed E-state index contributed by atoms with van der Waals surface area (Å²) in [5.41, 5.74) is -2.18. The zero-order valence-electron chi connectivity index (χ0n) is 18.5. The van der Waals surface area contributed by atoms with E-state index in [1.165, 1.54) is 63.5 Å². The second kappa shape index (κ2) is 11.4. The van der Waals surface area contributed by atoms with Gasteiger partial charge in [0.2, 0.25) is 0 Å². The number of halogens is 3. The largest absolute Gasteiger partial charge is 0.311 e. The highest BCUT2D eigenvalue weighted by atomic mass is 19.3. The molecule has 1 saturated carbocycles. The number of allylic oxidation sites excluding steroid dienone is 5. The molecule has 0 radical (unpaired) electrons. The summed E-state index contributed by atoms with van der Waals surface area (Å²) >= 11 is 0. The van der Waals surface area contributed by atoms with E-state index in [0.29, 0.717) is 0 Å². The van der Waals surface area contributed by atoms with Crippen LogP contribution in [0.4, 0.5) is 13.2 Å². The summed E-state index contributed by atoms with van der Waals surface area (Å²) in [7, 11) is 0. The van der Waals surface area contributed by atoms with E-state index in [9.17, 15) is 4.39 Å². The van der Waals surface area contributed by atoms with Gasteiger partial charge in [0, 0.05) is 0 Å². The van der Waals surface area contributed by atoms with Gasteiger partial charge in [-0.25, -0.2) is 4.39 Å². The topological polar surface area (TPSA) is 0 Å². The summed E-state index contributed by atoms with van der Waals surface area (Å²) in [4.78, 5) is 0. The lowest BCUT2D eigenvalue weighted by molar-refractivity contribution is -0.134. The third-order valence-corrected chi connectivity index (χ3v) is 7.44. The summed E-state index contributed by atoms with van der Waals surface area (Å²) in [6, 6.07) is 0. The standard InChI is InChI=1S/C26H41F3/c1-3-5-6-7-8-9-10-11-12-14-19-24(20-15-13-16-21-24)25(4-2)22-17-18-23(27)26(25,28)29/h4,17-18,22H,2-3,5-16,19-21H2,1H3. The Morgan fingerprint density at radius 3 is 2.00 bits per heavy atom. The fourth-order valence-electron chi connectivity index (χ4n) is 5.66. The molecule has 0 nitrogen and oxygen atoms in total. The van der Waals surface area contributed by atoms with Gasteiger partial charge in [-0.2, -0.15) is 8.78 Å². The van der Waals surface area contributed by atoms with Crippen molar-refractivity contribution in [3.8, 4) is 0 Å². The molecule has 0 N–H and O–H groups in total. The van der Waals surface area contributed by atoms with Crippen LogP contribution in [0.3, 0.4) is 0 Å².